The van der Waals surface area contributed by atoms with Gasteiger partial charge < -0.3 is 39.4 Å². The van der Waals surface area contributed by atoms with Crippen LogP contribution in [0.4, 0.5) is 16.2 Å². The number of nitrogens with one attached hydrogen (secondary N) is 2. The molecule has 0 radical (unpaired) electrons. The predicted molar refractivity (Wildman–Crippen MR) is 189 cm³/mol. The number of fused-ring (bicyclic) bond motifs is 3. The monoisotopic (exact) mass is 769 g/mol. The molecule has 1 aliphatic carbocycles. The molecule has 1 fully saturated rings. The normalized spacial score (nSPS) is 14.2. The predicted octanol–water partition coefficient (Wildman–Crippen LogP) is 2.50. The van der Waals surface area contributed by atoms with Gasteiger partial charge in [0.05, 0.1) is 6.26 Å². The van der Waals surface area contributed by atoms with Gasteiger partial charge in [0.25, 0.3) is 21.9 Å². The molecule has 1 saturated heterocycles. The Morgan fingerprint density at radius 3 is 1.77 bits per heavy atom. The van der Waals surface area contributed by atoms with Gasteiger partial charge in [0, 0.05) is 77.9 Å². The van der Waals surface area contributed by atoms with Crippen molar-refractivity contribution < 1.29 is 70.6 Å². The number of anilines is 2. The smallest absolute Gasteiger partial charge is 0.432 e. The summed E-state index contributed by atoms with van der Waals surface area (Å²) in [6.45, 7) is 1.51. The quantitative estimate of drug-likeness (QED) is 0.0782. The standard InChI is InChI=1S/C28H31N3O10.C5H12O2.CH4O3S/c1-38-15-24(33)29-17-4-6-19-20-7-5-18(30-25(34)16-39-11-3-2-10-32)13-22(20)23(21(19)12-17)14-40-28(37)41-31-26(35)8-9-27(31)36;1-6-4-3-5-7-2;1-5(2,3)4/h4-7,12-13,23,32H,2-3,8-11,14-16H2,1H3,(H,29,33)(H,30,34);3-5H2,1-2H3;1H3,(H,2,3,4). The summed E-state index contributed by atoms with van der Waals surface area (Å²) in [7, 11) is 1.12. The molecule has 0 aromatic heterocycles. The van der Waals surface area contributed by atoms with E-state index in [0.717, 1.165) is 41.9 Å². The van der Waals surface area contributed by atoms with Crippen LogP contribution in [-0.2, 0) is 57.8 Å². The summed E-state index contributed by atoms with van der Waals surface area (Å²) in [5.41, 5.74) is 4.15. The van der Waals surface area contributed by atoms with Crippen molar-refractivity contribution in [3.63, 3.8) is 0 Å². The molecule has 2 aliphatic rings. The molecule has 53 heavy (non-hydrogen) atoms. The minimum absolute atomic E-state index is 0.0464. The second-order valence-corrected chi connectivity index (χ2v) is 12.9. The maximum absolute atomic E-state index is 12.4. The Morgan fingerprint density at radius 2 is 1.30 bits per heavy atom. The number of rotatable bonds is 17. The molecule has 294 valence electrons. The van der Waals surface area contributed by atoms with E-state index in [9.17, 15) is 32.4 Å². The number of ether oxygens (including phenoxy) is 5. The fourth-order valence-electron chi connectivity index (χ4n) is 4.96. The Labute approximate surface area is 307 Å². The molecule has 1 heterocycles. The van der Waals surface area contributed by atoms with Crippen molar-refractivity contribution in [3.8, 4) is 11.1 Å². The van der Waals surface area contributed by atoms with E-state index in [-0.39, 0.29) is 51.1 Å². The Kier molecular flexibility index (Phi) is 19.6. The summed E-state index contributed by atoms with van der Waals surface area (Å²) in [4.78, 5) is 65.3. The summed E-state index contributed by atoms with van der Waals surface area (Å²) in [5, 5.41) is 14.8. The third kappa shape index (κ3) is 16.4. The number of amides is 4. The van der Waals surface area contributed by atoms with E-state index in [1.54, 1.807) is 38.5 Å². The van der Waals surface area contributed by atoms with Gasteiger partial charge in [-0.3, -0.25) is 28.6 Å². The molecule has 0 saturated carbocycles. The van der Waals surface area contributed by atoms with Crippen molar-refractivity contribution in [3.05, 3.63) is 47.5 Å². The lowest BCUT2D eigenvalue weighted by atomic mass is 9.97. The van der Waals surface area contributed by atoms with E-state index in [1.165, 1.54) is 7.11 Å². The van der Waals surface area contributed by atoms with Crippen LogP contribution in [-0.4, -0.2) is 127 Å². The van der Waals surface area contributed by atoms with Crippen LogP contribution in [0.25, 0.3) is 11.1 Å². The van der Waals surface area contributed by atoms with E-state index in [2.05, 4.69) is 10.6 Å². The lowest BCUT2D eigenvalue weighted by molar-refractivity contribution is -0.177. The van der Waals surface area contributed by atoms with Crippen molar-refractivity contribution in [2.24, 2.45) is 0 Å². The lowest BCUT2D eigenvalue weighted by Crippen LogP contribution is -2.32. The zero-order chi connectivity index (χ0) is 39.4. The van der Waals surface area contributed by atoms with Crippen molar-refractivity contribution >= 4 is 51.3 Å². The third-order valence-electron chi connectivity index (χ3n) is 7.15. The van der Waals surface area contributed by atoms with Crippen LogP contribution in [0.3, 0.4) is 0 Å². The highest BCUT2D eigenvalue weighted by atomic mass is 32.2. The highest BCUT2D eigenvalue weighted by molar-refractivity contribution is 7.85. The molecule has 0 bridgehead atoms. The van der Waals surface area contributed by atoms with Crippen molar-refractivity contribution in [2.45, 2.75) is 38.0 Å². The number of carbonyl (C=O) groups is 5. The van der Waals surface area contributed by atoms with Crippen LogP contribution < -0.4 is 10.6 Å². The van der Waals surface area contributed by atoms with Gasteiger partial charge in [-0.25, -0.2) is 4.79 Å². The average Bonchev–Trinajstić information content (AvgIpc) is 3.57. The molecule has 19 heteroatoms. The topological polar surface area (TPSA) is 243 Å². The highest BCUT2D eigenvalue weighted by Crippen LogP contribution is 2.47. The molecular weight excluding hydrogens is 722 g/mol. The summed E-state index contributed by atoms with van der Waals surface area (Å²) in [6.07, 6.45) is 1.63. The van der Waals surface area contributed by atoms with Gasteiger partial charge in [0.2, 0.25) is 11.8 Å². The number of aliphatic hydroxyl groups is 1. The molecule has 1 unspecified atom stereocenters. The number of hydroxylamine groups is 2. The number of aliphatic hydroxyl groups excluding tert-OH is 1. The zero-order valence-electron chi connectivity index (χ0n) is 30.1. The van der Waals surface area contributed by atoms with Crippen molar-refractivity contribution in [2.75, 3.05) is 84.5 Å². The van der Waals surface area contributed by atoms with Gasteiger partial charge >= 0.3 is 6.16 Å². The molecule has 0 spiro atoms. The second-order valence-electron chi connectivity index (χ2n) is 11.5. The fourth-order valence-corrected chi connectivity index (χ4v) is 4.96. The van der Waals surface area contributed by atoms with E-state index in [0.29, 0.717) is 42.1 Å². The first kappa shape index (κ1) is 44.7. The number of carbonyl (C=O) groups excluding carboxylic acids is 5. The van der Waals surface area contributed by atoms with Crippen LogP contribution in [0.15, 0.2) is 36.4 Å². The van der Waals surface area contributed by atoms with Crippen LogP contribution in [0.1, 0.15) is 49.1 Å². The van der Waals surface area contributed by atoms with Gasteiger partial charge in [0.15, 0.2) is 0 Å². The Morgan fingerprint density at radius 1 is 0.792 bits per heavy atom. The summed E-state index contributed by atoms with van der Waals surface area (Å²) in [6, 6.07) is 10.7. The molecule has 4 N–H and O–H groups in total. The summed E-state index contributed by atoms with van der Waals surface area (Å²) < 4.78 is 50.9. The molecular formula is C34H47N3O15S. The second kappa shape index (κ2) is 23.2. The van der Waals surface area contributed by atoms with Crippen LogP contribution in [0.2, 0.25) is 0 Å². The SMILES string of the molecule is COCC(=O)Nc1ccc2c(c1)C(COC(=O)ON1C(=O)CCC1=O)c1cc(NC(=O)COCCCCO)ccc1-2.COCCCOC.CS(=O)(=O)O. The van der Waals surface area contributed by atoms with Crippen molar-refractivity contribution in [1.82, 2.24) is 5.06 Å². The molecule has 2 aromatic rings. The van der Waals surface area contributed by atoms with E-state index in [4.69, 9.17) is 38.2 Å². The number of hydrogen-bond acceptors (Lipinski definition) is 14. The van der Waals surface area contributed by atoms with Gasteiger partial charge in [-0.2, -0.15) is 8.42 Å². The molecule has 18 nitrogen and oxygen atoms in total. The first-order chi connectivity index (χ1) is 25.2. The lowest BCUT2D eigenvalue weighted by Gasteiger charge is -2.17. The fraction of sp³-hybridized carbons (Fsp3) is 0.500. The molecule has 4 rings (SSSR count). The molecule has 1 atom stereocenters. The Bertz CT molecular complexity index is 1620. The molecule has 1 aliphatic heterocycles. The first-order valence-corrected chi connectivity index (χ1v) is 18.2. The van der Waals surface area contributed by atoms with Gasteiger partial charge in [-0.1, -0.05) is 17.2 Å². The first-order valence-electron chi connectivity index (χ1n) is 16.4. The van der Waals surface area contributed by atoms with E-state index >= 15 is 0 Å². The minimum atomic E-state index is -3.67. The number of unbranched alkanes of at least 4 members (excludes halogenated alkanes) is 1. The summed E-state index contributed by atoms with van der Waals surface area (Å²) >= 11 is 0. The minimum Gasteiger partial charge on any atom is -0.432 e. The number of benzene rings is 2. The van der Waals surface area contributed by atoms with Crippen molar-refractivity contribution in [1.29, 1.82) is 0 Å². The Balaban J connectivity index is 0.000000698. The van der Waals surface area contributed by atoms with Crippen LogP contribution in [0.5, 0.6) is 0 Å². The highest BCUT2D eigenvalue weighted by Gasteiger charge is 2.35. The van der Waals surface area contributed by atoms with Gasteiger partial charge in [-0.05, 0) is 65.8 Å². The van der Waals surface area contributed by atoms with Crippen LogP contribution in [0, 0.1) is 0 Å². The Hall–Kier alpha value is -4.50. The maximum Gasteiger partial charge on any atom is 0.533 e. The number of hydrogen-bond donors (Lipinski definition) is 4. The van der Waals surface area contributed by atoms with E-state index < -0.39 is 34.0 Å². The number of methoxy groups -OCH3 is 3. The van der Waals surface area contributed by atoms with Crippen LogP contribution >= 0.6 is 0 Å². The van der Waals surface area contributed by atoms with Gasteiger partial charge in [-0.15, -0.1) is 0 Å². The average molecular weight is 770 g/mol. The zero-order valence-corrected chi connectivity index (χ0v) is 30.9. The van der Waals surface area contributed by atoms with Gasteiger partial charge in [0.1, 0.15) is 19.8 Å². The largest absolute Gasteiger partial charge is 0.533 e. The summed E-state index contributed by atoms with van der Waals surface area (Å²) in [5.74, 6) is -2.48. The van der Waals surface area contributed by atoms with E-state index in [1.807, 2.05) is 12.1 Å². The molecule has 4 amide bonds. The number of nitrogens with zero attached hydrogens (tertiary/aromatic N) is 1. The number of imide groups is 1. The third-order valence-corrected chi connectivity index (χ3v) is 7.15. The maximum atomic E-state index is 12.4. The molecule has 2 aromatic carbocycles.